The standard InChI is InChI=1S/C4F9.K/c5-1(6)2(7,8)3(9,10)4(11,12)13;/q-1;+1. The van der Waals surface area contributed by atoms with E-state index in [-0.39, 0.29) is 51.4 Å². The maximum atomic E-state index is 11.6. The summed E-state index contributed by atoms with van der Waals surface area (Å²) in [6.45, 7) is 0. The average molecular weight is 258 g/mol. The molecule has 0 rings (SSSR count). The Kier molecular flexibility index (Phi) is 6.08. The van der Waals surface area contributed by atoms with Gasteiger partial charge in [-0.15, -0.1) is 0 Å². The third-order valence-electron chi connectivity index (χ3n) is 0.988. The molecule has 0 atom stereocenters. The largest absolute Gasteiger partial charge is 1.00 e. The Labute approximate surface area is 114 Å². The molecule has 0 aromatic rings. The smallest absolute Gasteiger partial charge is 0.415 e. The van der Waals surface area contributed by atoms with Gasteiger partial charge >= 0.3 is 63.5 Å². The van der Waals surface area contributed by atoms with Crippen molar-refractivity contribution in [3.8, 4) is 0 Å². The van der Waals surface area contributed by atoms with Crippen LogP contribution in [0.2, 0.25) is 0 Å². The van der Waals surface area contributed by atoms with Crippen LogP contribution in [0.1, 0.15) is 0 Å². The fourth-order valence-electron chi connectivity index (χ4n) is 0.297. The van der Waals surface area contributed by atoms with E-state index in [0.29, 0.717) is 0 Å². The zero-order valence-electron chi connectivity index (χ0n) is 6.40. The van der Waals surface area contributed by atoms with E-state index in [1.54, 1.807) is 0 Å². The Morgan fingerprint density at radius 2 is 1.00 bits per heavy atom. The van der Waals surface area contributed by atoms with E-state index in [0.717, 1.165) is 0 Å². The van der Waals surface area contributed by atoms with Gasteiger partial charge in [0, 0.05) is 0 Å². The van der Waals surface area contributed by atoms with Crippen LogP contribution >= 0.6 is 0 Å². The third kappa shape index (κ3) is 3.00. The van der Waals surface area contributed by atoms with Crippen molar-refractivity contribution in [1.82, 2.24) is 0 Å². The molecule has 0 aliphatic carbocycles. The molecule has 0 aliphatic rings. The number of hydrogen-bond acceptors (Lipinski definition) is 0. The molecule has 10 heteroatoms. The van der Waals surface area contributed by atoms with Gasteiger partial charge in [-0.2, -0.15) is 22.0 Å². The first-order chi connectivity index (χ1) is 5.44. The van der Waals surface area contributed by atoms with Gasteiger partial charge in [-0.3, -0.25) is 0 Å². The summed E-state index contributed by atoms with van der Waals surface area (Å²) in [4.78, 5) is 0. The van der Waals surface area contributed by atoms with Gasteiger partial charge in [0.2, 0.25) is 0 Å². The van der Waals surface area contributed by atoms with Crippen LogP contribution in [0.4, 0.5) is 39.5 Å². The number of alkyl halides is 7. The third-order valence-corrected chi connectivity index (χ3v) is 0.988. The minimum Gasteiger partial charge on any atom is -0.415 e. The fourth-order valence-corrected chi connectivity index (χ4v) is 0.297. The molecule has 0 aliphatic heterocycles. The molecule has 0 bridgehead atoms. The Balaban J connectivity index is 0. The van der Waals surface area contributed by atoms with E-state index in [2.05, 4.69) is 0 Å². The Bertz CT molecular complexity index is 182. The molecule has 0 saturated heterocycles. The van der Waals surface area contributed by atoms with Crippen molar-refractivity contribution in [2.45, 2.75) is 18.0 Å². The molecule has 0 fully saturated rings. The van der Waals surface area contributed by atoms with Gasteiger partial charge in [-0.05, 0) is 0 Å². The van der Waals surface area contributed by atoms with E-state index in [1.807, 2.05) is 0 Å². The Morgan fingerprint density at radius 3 is 1.07 bits per heavy atom. The van der Waals surface area contributed by atoms with Gasteiger partial charge in [0.1, 0.15) is 0 Å². The molecular weight excluding hydrogens is 258 g/mol. The SMILES string of the molecule is F[C-](F)C(F)(F)C(F)(F)C(F)(F)F.[K+]. The summed E-state index contributed by atoms with van der Waals surface area (Å²) in [5.41, 5.74) is 0. The van der Waals surface area contributed by atoms with Crippen LogP contribution in [0.15, 0.2) is 0 Å². The van der Waals surface area contributed by atoms with Crippen molar-refractivity contribution in [3.63, 3.8) is 0 Å². The molecular formula is C4F9K. The van der Waals surface area contributed by atoms with Crippen molar-refractivity contribution in [1.29, 1.82) is 0 Å². The zero-order valence-corrected chi connectivity index (χ0v) is 9.52. The molecule has 0 unspecified atom stereocenters. The van der Waals surface area contributed by atoms with Crippen LogP contribution in [0, 0.1) is 6.43 Å². The zero-order chi connectivity index (χ0) is 11.1. The van der Waals surface area contributed by atoms with Crippen LogP contribution in [0.5, 0.6) is 0 Å². The molecule has 80 valence electrons. The second-order valence-electron chi connectivity index (χ2n) is 1.91. The molecule has 0 radical (unpaired) electrons. The first-order valence-corrected chi connectivity index (χ1v) is 2.45. The monoisotopic (exact) mass is 258 g/mol. The molecule has 0 spiro atoms. The predicted molar refractivity (Wildman–Crippen MR) is 21.4 cm³/mol. The van der Waals surface area contributed by atoms with Gasteiger partial charge in [-0.25, -0.2) is 8.78 Å². The van der Waals surface area contributed by atoms with Crippen LogP contribution in [0.25, 0.3) is 0 Å². The summed E-state index contributed by atoms with van der Waals surface area (Å²) >= 11 is 0. The van der Waals surface area contributed by atoms with Gasteiger partial charge in [0.05, 0.1) is 6.43 Å². The summed E-state index contributed by atoms with van der Waals surface area (Å²) in [5, 5.41) is 0. The van der Waals surface area contributed by atoms with Gasteiger partial charge < -0.3 is 8.78 Å². The Morgan fingerprint density at radius 1 is 0.714 bits per heavy atom. The maximum absolute atomic E-state index is 11.6. The molecule has 0 aromatic carbocycles. The summed E-state index contributed by atoms with van der Waals surface area (Å²) in [7, 11) is 0. The van der Waals surface area contributed by atoms with Crippen molar-refractivity contribution >= 4 is 0 Å². The molecule has 0 saturated carbocycles. The van der Waals surface area contributed by atoms with Gasteiger partial charge in [-0.1, -0.05) is 0 Å². The van der Waals surface area contributed by atoms with Gasteiger partial charge in [0.25, 0.3) is 5.92 Å². The molecule has 0 aromatic heterocycles. The van der Waals surface area contributed by atoms with E-state index >= 15 is 0 Å². The van der Waals surface area contributed by atoms with Crippen LogP contribution in [-0.2, 0) is 0 Å². The first kappa shape index (κ1) is 17.4. The van der Waals surface area contributed by atoms with Crippen LogP contribution in [0.3, 0.4) is 0 Å². The second-order valence-corrected chi connectivity index (χ2v) is 1.91. The molecule has 0 amide bonds. The Hall–Kier alpha value is 1.01. The van der Waals surface area contributed by atoms with E-state index in [1.165, 1.54) is 0 Å². The van der Waals surface area contributed by atoms with E-state index in [4.69, 9.17) is 0 Å². The second kappa shape index (κ2) is 4.89. The number of rotatable bonds is 2. The average Bonchev–Trinajstić information content (AvgIpc) is 1.84. The minimum absolute atomic E-state index is 0. The van der Waals surface area contributed by atoms with Crippen molar-refractivity contribution in [2.75, 3.05) is 0 Å². The van der Waals surface area contributed by atoms with E-state index < -0.39 is 24.4 Å². The summed E-state index contributed by atoms with van der Waals surface area (Å²) in [6, 6.07) is 0. The normalized spacial score (nSPS) is 14.1. The molecule has 14 heavy (non-hydrogen) atoms. The summed E-state index contributed by atoms with van der Waals surface area (Å²) in [6.07, 6.45) is -11.0. The predicted octanol–water partition coefficient (Wildman–Crippen LogP) is 0.252. The molecule has 0 nitrogen and oxygen atoms in total. The van der Waals surface area contributed by atoms with Crippen molar-refractivity contribution in [2.24, 2.45) is 0 Å². The topological polar surface area (TPSA) is 0 Å². The minimum atomic E-state index is -6.77. The summed E-state index contributed by atoms with van der Waals surface area (Å²) in [5.74, 6) is -13.3. The fraction of sp³-hybridized carbons (Fsp3) is 0.750. The number of hydrogen-bond donors (Lipinski definition) is 0. The van der Waals surface area contributed by atoms with Gasteiger partial charge in [0.15, 0.2) is 0 Å². The molecule has 0 heterocycles. The maximum Gasteiger partial charge on any atom is 1.00 e. The van der Waals surface area contributed by atoms with Crippen LogP contribution in [-0.4, -0.2) is 18.0 Å². The quantitative estimate of drug-likeness (QED) is 0.378. The number of halogens is 9. The van der Waals surface area contributed by atoms with E-state index in [9.17, 15) is 39.5 Å². The van der Waals surface area contributed by atoms with Crippen LogP contribution < -0.4 is 51.4 Å². The first-order valence-electron chi connectivity index (χ1n) is 2.45. The summed E-state index contributed by atoms with van der Waals surface area (Å²) < 4.78 is 102. The van der Waals surface area contributed by atoms with Crippen molar-refractivity contribution in [3.05, 3.63) is 6.43 Å². The van der Waals surface area contributed by atoms with Crippen molar-refractivity contribution < 1.29 is 90.9 Å². The molecule has 0 N–H and O–H groups in total.